The summed E-state index contributed by atoms with van der Waals surface area (Å²) in [7, 11) is 1.23. The Labute approximate surface area is 166 Å². The third-order valence-corrected chi connectivity index (χ3v) is 3.74. The summed E-state index contributed by atoms with van der Waals surface area (Å²) in [5.74, 6) is -2.13. The summed E-state index contributed by atoms with van der Waals surface area (Å²) < 4.78 is 15.3. The van der Waals surface area contributed by atoms with E-state index in [0.717, 1.165) is 5.56 Å². The molecular formula is C21H29NO6. The molecule has 1 aromatic rings. The van der Waals surface area contributed by atoms with E-state index in [4.69, 9.17) is 14.2 Å². The Morgan fingerprint density at radius 3 is 2.36 bits per heavy atom. The highest BCUT2D eigenvalue weighted by Gasteiger charge is 2.33. The number of methoxy groups -OCH3 is 1. The highest BCUT2D eigenvalue weighted by Crippen LogP contribution is 2.18. The Morgan fingerprint density at radius 2 is 1.82 bits per heavy atom. The van der Waals surface area contributed by atoms with Crippen LogP contribution in [0.1, 0.15) is 39.2 Å². The molecule has 2 unspecified atom stereocenters. The fourth-order valence-electron chi connectivity index (χ4n) is 2.48. The number of esters is 2. The van der Waals surface area contributed by atoms with E-state index in [1.807, 2.05) is 30.3 Å². The molecule has 1 rings (SSSR count). The molecule has 0 spiro atoms. The number of hydrogen-bond donors (Lipinski definition) is 1. The molecule has 0 aliphatic rings. The lowest BCUT2D eigenvalue weighted by molar-refractivity contribution is -0.155. The van der Waals surface area contributed by atoms with Crippen molar-refractivity contribution in [2.45, 2.75) is 51.9 Å². The van der Waals surface area contributed by atoms with Gasteiger partial charge in [-0.05, 0) is 32.8 Å². The summed E-state index contributed by atoms with van der Waals surface area (Å²) in [4.78, 5) is 36.6. The molecular weight excluding hydrogens is 362 g/mol. The van der Waals surface area contributed by atoms with E-state index in [1.54, 1.807) is 26.8 Å². The molecule has 0 saturated heterocycles. The van der Waals surface area contributed by atoms with Crippen LogP contribution in [0.3, 0.4) is 0 Å². The van der Waals surface area contributed by atoms with Gasteiger partial charge in [0.15, 0.2) is 0 Å². The molecule has 0 aromatic heterocycles. The number of carbonyl (C=O) groups is 3. The van der Waals surface area contributed by atoms with Crippen LogP contribution in [-0.4, -0.2) is 36.8 Å². The van der Waals surface area contributed by atoms with Crippen molar-refractivity contribution in [1.82, 2.24) is 5.32 Å². The quantitative estimate of drug-likeness (QED) is 0.394. The normalized spacial score (nSPS) is 13.0. The Hall–Kier alpha value is -2.83. The van der Waals surface area contributed by atoms with Gasteiger partial charge in [-0.25, -0.2) is 4.79 Å². The average Bonchev–Trinajstić information content (AvgIpc) is 2.63. The fourth-order valence-corrected chi connectivity index (χ4v) is 2.48. The van der Waals surface area contributed by atoms with Crippen molar-refractivity contribution >= 4 is 18.0 Å². The molecule has 0 aliphatic heterocycles. The summed E-state index contributed by atoms with van der Waals surface area (Å²) in [5.41, 5.74) is 0.137. The first-order valence-electron chi connectivity index (χ1n) is 9.04. The Bertz CT molecular complexity index is 665. The summed E-state index contributed by atoms with van der Waals surface area (Å²) in [5, 5.41) is 2.63. The van der Waals surface area contributed by atoms with E-state index in [-0.39, 0.29) is 19.4 Å². The maximum absolute atomic E-state index is 12.3. The minimum Gasteiger partial charge on any atom is -0.469 e. The number of rotatable bonds is 9. The molecule has 0 heterocycles. The van der Waals surface area contributed by atoms with Crippen LogP contribution >= 0.6 is 0 Å². The van der Waals surface area contributed by atoms with Crippen LogP contribution in [0.15, 0.2) is 43.0 Å². The smallest absolute Gasteiger partial charge is 0.407 e. The molecule has 154 valence electrons. The zero-order valence-corrected chi connectivity index (χ0v) is 16.9. The van der Waals surface area contributed by atoms with Gasteiger partial charge < -0.3 is 19.5 Å². The summed E-state index contributed by atoms with van der Waals surface area (Å²) in [6.45, 7) is 8.93. The number of amides is 1. The van der Waals surface area contributed by atoms with Gasteiger partial charge in [-0.2, -0.15) is 0 Å². The van der Waals surface area contributed by atoms with Crippen molar-refractivity contribution in [3.05, 3.63) is 48.6 Å². The van der Waals surface area contributed by atoms with E-state index in [9.17, 15) is 14.4 Å². The van der Waals surface area contributed by atoms with Crippen LogP contribution in [0.4, 0.5) is 4.79 Å². The van der Waals surface area contributed by atoms with Crippen LogP contribution in [0.5, 0.6) is 0 Å². The number of ether oxygens (including phenoxy) is 3. The number of hydrogen-bond acceptors (Lipinski definition) is 6. The van der Waals surface area contributed by atoms with Gasteiger partial charge in [-0.1, -0.05) is 36.4 Å². The van der Waals surface area contributed by atoms with Gasteiger partial charge in [-0.15, -0.1) is 6.58 Å². The van der Waals surface area contributed by atoms with Crippen molar-refractivity contribution in [2.75, 3.05) is 7.11 Å². The SMILES string of the molecule is C=CCC(NC(=O)OC(C)(C)C)C(CC(=O)OCc1ccccc1)C(=O)OC. The van der Waals surface area contributed by atoms with Gasteiger partial charge in [0.25, 0.3) is 0 Å². The topological polar surface area (TPSA) is 90.9 Å². The molecule has 0 saturated carbocycles. The summed E-state index contributed by atoms with van der Waals surface area (Å²) >= 11 is 0. The molecule has 7 nitrogen and oxygen atoms in total. The molecule has 1 aromatic carbocycles. The lowest BCUT2D eigenvalue weighted by Crippen LogP contribution is -2.46. The lowest BCUT2D eigenvalue weighted by Gasteiger charge is -2.27. The second-order valence-corrected chi connectivity index (χ2v) is 7.26. The Kier molecular flexibility index (Phi) is 9.21. The van der Waals surface area contributed by atoms with Crippen LogP contribution in [-0.2, 0) is 30.4 Å². The molecule has 0 radical (unpaired) electrons. The first-order chi connectivity index (χ1) is 13.2. The Balaban J connectivity index is 2.80. The molecule has 28 heavy (non-hydrogen) atoms. The fraction of sp³-hybridized carbons (Fsp3) is 0.476. The van der Waals surface area contributed by atoms with E-state index in [2.05, 4.69) is 11.9 Å². The molecule has 1 N–H and O–H groups in total. The lowest BCUT2D eigenvalue weighted by atomic mass is 9.93. The van der Waals surface area contributed by atoms with E-state index >= 15 is 0 Å². The first-order valence-corrected chi connectivity index (χ1v) is 9.04. The summed E-state index contributed by atoms with van der Waals surface area (Å²) in [6.07, 6.45) is 0.873. The molecule has 0 fully saturated rings. The van der Waals surface area contributed by atoms with Gasteiger partial charge in [-0.3, -0.25) is 9.59 Å². The van der Waals surface area contributed by atoms with Gasteiger partial charge in [0.1, 0.15) is 12.2 Å². The number of nitrogens with one attached hydrogen (secondary N) is 1. The molecule has 0 aliphatic carbocycles. The third kappa shape index (κ3) is 8.70. The van der Waals surface area contributed by atoms with Gasteiger partial charge >= 0.3 is 18.0 Å². The van der Waals surface area contributed by atoms with E-state index in [1.165, 1.54) is 7.11 Å². The highest BCUT2D eigenvalue weighted by molar-refractivity contribution is 5.81. The molecule has 0 bridgehead atoms. The van der Waals surface area contributed by atoms with E-state index in [0.29, 0.717) is 0 Å². The van der Waals surface area contributed by atoms with Crippen molar-refractivity contribution < 1.29 is 28.6 Å². The monoisotopic (exact) mass is 391 g/mol. The first kappa shape index (κ1) is 23.2. The molecule has 2 atom stereocenters. The second-order valence-electron chi connectivity index (χ2n) is 7.26. The van der Waals surface area contributed by atoms with Crippen LogP contribution in [0, 0.1) is 5.92 Å². The highest BCUT2D eigenvalue weighted by atomic mass is 16.6. The van der Waals surface area contributed by atoms with Gasteiger partial charge in [0.2, 0.25) is 0 Å². The van der Waals surface area contributed by atoms with E-state index < -0.39 is 35.6 Å². The van der Waals surface area contributed by atoms with Crippen molar-refractivity contribution in [1.29, 1.82) is 0 Å². The zero-order valence-electron chi connectivity index (χ0n) is 16.9. The van der Waals surface area contributed by atoms with Crippen molar-refractivity contribution in [3.63, 3.8) is 0 Å². The largest absolute Gasteiger partial charge is 0.469 e. The molecule has 7 heteroatoms. The number of benzene rings is 1. The molecule has 1 amide bonds. The maximum atomic E-state index is 12.3. The minimum atomic E-state index is -0.932. The third-order valence-electron chi connectivity index (χ3n) is 3.74. The van der Waals surface area contributed by atoms with Crippen LogP contribution < -0.4 is 5.32 Å². The zero-order chi connectivity index (χ0) is 21.2. The standard InChI is InChI=1S/C21H29NO6/c1-6-10-17(22-20(25)28-21(2,3)4)16(19(24)26-5)13-18(23)27-14-15-11-8-7-9-12-15/h6-9,11-12,16-17H,1,10,13-14H2,2-5H3,(H,22,25). The van der Waals surface area contributed by atoms with Gasteiger partial charge in [0.05, 0.1) is 19.4 Å². The number of carbonyl (C=O) groups excluding carboxylic acids is 3. The van der Waals surface area contributed by atoms with Crippen molar-refractivity contribution in [2.24, 2.45) is 5.92 Å². The van der Waals surface area contributed by atoms with Crippen LogP contribution in [0.25, 0.3) is 0 Å². The van der Waals surface area contributed by atoms with Crippen LogP contribution in [0.2, 0.25) is 0 Å². The summed E-state index contributed by atoms with van der Waals surface area (Å²) in [6, 6.07) is 8.48. The average molecular weight is 391 g/mol. The Morgan fingerprint density at radius 1 is 1.18 bits per heavy atom. The predicted molar refractivity (Wildman–Crippen MR) is 104 cm³/mol. The maximum Gasteiger partial charge on any atom is 0.407 e. The number of alkyl carbamates (subject to hydrolysis) is 1. The minimum absolute atomic E-state index is 0.0964. The predicted octanol–water partition coefficient (Wildman–Crippen LogP) is 3.38. The second kappa shape index (κ2) is 11.1. The van der Waals surface area contributed by atoms with Crippen molar-refractivity contribution in [3.8, 4) is 0 Å². The van der Waals surface area contributed by atoms with Gasteiger partial charge in [0, 0.05) is 6.04 Å².